The predicted octanol–water partition coefficient (Wildman–Crippen LogP) is 3.43. The molecule has 0 aliphatic heterocycles. The number of hydrogen-bond donors (Lipinski definition) is 2. The van der Waals surface area contributed by atoms with Crippen LogP contribution in [0, 0.1) is 5.82 Å². The Morgan fingerprint density at radius 3 is 2.42 bits per heavy atom. The number of anilines is 2. The Bertz CT molecular complexity index is 460. The van der Waals surface area contributed by atoms with Crippen LogP contribution in [0.15, 0.2) is 18.2 Å². The molecular weight excluding hydrogens is 270 g/mol. The molecular formula is C12H20FN2O3P. The van der Waals surface area contributed by atoms with Crippen molar-refractivity contribution in [2.24, 2.45) is 0 Å². The molecule has 0 aliphatic carbocycles. The molecule has 1 unspecified atom stereocenters. The first-order chi connectivity index (χ1) is 8.92. The summed E-state index contributed by atoms with van der Waals surface area (Å²) < 4.78 is 35.9. The molecule has 1 rings (SSSR count). The summed E-state index contributed by atoms with van der Waals surface area (Å²) >= 11 is 0. The summed E-state index contributed by atoms with van der Waals surface area (Å²) in [5.41, 5.74) is 6.42. The highest BCUT2D eigenvalue weighted by Gasteiger charge is 2.32. The van der Waals surface area contributed by atoms with Crippen molar-refractivity contribution < 1.29 is 18.0 Å². The van der Waals surface area contributed by atoms with Crippen LogP contribution in [-0.4, -0.2) is 19.0 Å². The first kappa shape index (κ1) is 16.0. The van der Waals surface area contributed by atoms with Crippen molar-refractivity contribution in [1.82, 2.24) is 0 Å². The number of benzene rings is 1. The number of halogens is 1. The quantitative estimate of drug-likeness (QED) is 0.594. The highest BCUT2D eigenvalue weighted by molar-refractivity contribution is 7.54. The monoisotopic (exact) mass is 290 g/mol. The second-order valence-corrected chi connectivity index (χ2v) is 6.30. The zero-order valence-corrected chi connectivity index (χ0v) is 12.2. The Morgan fingerprint density at radius 2 is 1.95 bits per heavy atom. The van der Waals surface area contributed by atoms with Crippen LogP contribution in [0.2, 0.25) is 0 Å². The van der Waals surface area contributed by atoms with Crippen LogP contribution in [-0.2, 0) is 13.6 Å². The minimum Gasteiger partial charge on any atom is -0.397 e. The molecule has 0 saturated carbocycles. The minimum absolute atomic E-state index is 0.242. The fourth-order valence-corrected chi connectivity index (χ4v) is 3.13. The molecule has 7 heteroatoms. The molecule has 19 heavy (non-hydrogen) atoms. The van der Waals surface area contributed by atoms with Crippen LogP contribution in [0.4, 0.5) is 15.8 Å². The molecule has 1 atom stereocenters. The molecule has 0 radical (unpaired) electrons. The fourth-order valence-electron chi connectivity index (χ4n) is 1.59. The standard InChI is InChI=1S/C12H20FN2O3P/c1-4-17-19(16,18-5-2)9(3)15-12-7-6-10(13)8-11(12)14/h6-9,15H,4-5,14H2,1-3H3. The summed E-state index contributed by atoms with van der Waals surface area (Å²) in [4.78, 5) is 0. The zero-order valence-electron chi connectivity index (χ0n) is 11.4. The summed E-state index contributed by atoms with van der Waals surface area (Å²) in [6.07, 6.45) is 0. The Labute approximate surface area is 112 Å². The third-order valence-corrected chi connectivity index (χ3v) is 4.78. The highest BCUT2D eigenvalue weighted by atomic mass is 31.2. The second-order valence-electron chi connectivity index (χ2n) is 3.93. The molecule has 5 nitrogen and oxygen atoms in total. The Hall–Kier alpha value is -1.10. The van der Waals surface area contributed by atoms with Gasteiger partial charge in [0.25, 0.3) is 0 Å². The van der Waals surface area contributed by atoms with Crippen LogP contribution < -0.4 is 11.1 Å². The van der Waals surface area contributed by atoms with Gasteiger partial charge in [0.2, 0.25) is 0 Å². The van der Waals surface area contributed by atoms with E-state index in [1.807, 2.05) is 0 Å². The van der Waals surface area contributed by atoms with E-state index in [-0.39, 0.29) is 18.9 Å². The van der Waals surface area contributed by atoms with E-state index < -0.39 is 19.2 Å². The molecule has 1 aromatic rings. The van der Waals surface area contributed by atoms with E-state index >= 15 is 0 Å². The van der Waals surface area contributed by atoms with Gasteiger partial charge < -0.3 is 20.1 Å². The van der Waals surface area contributed by atoms with Gasteiger partial charge in [-0.25, -0.2) is 4.39 Å². The third kappa shape index (κ3) is 4.20. The SMILES string of the molecule is CCOP(=O)(OCC)C(C)Nc1ccc(F)cc1N. The third-order valence-electron chi connectivity index (χ3n) is 2.47. The van der Waals surface area contributed by atoms with Crippen LogP contribution >= 0.6 is 7.60 Å². The lowest BCUT2D eigenvalue weighted by Gasteiger charge is -2.25. The van der Waals surface area contributed by atoms with Gasteiger partial charge in [-0.15, -0.1) is 0 Å². The second kappa shape index (κ2) is 6.89. The molecule has 1 aromatic carbocycles. The molecule has 3 N–H and O–H groups in total. The van der Waals surface area contributed by atoms with Gasteiger partial charge in [0.15, 0.2) is 0 Å². The average molecular weight is 290 g/mol. The molecule has 0 bridgehead atoms. The largest absolute Gasteiger partial charge is 0.397 e. The van der Waals surface area contributed by atoms with Crippen LogP contribution in [0.5, 0.6) is 0 Å². The lowest BCUT2D eigenvalue weighted by Crippen LogP contribution is -2.19. The van der Waals surface area contributed by atoms with E-state index in [1.165, 1.54) is 18.2 Å². The number of hydrogen-bond acceptors (Lipinski definition) is 5. The summed E-state index contributed by atoms with van der Waals surface area (Å²) in [5, 5.41) is 2.94. The normalized spacial score (nSPS) is 13.3. The van der Waals surface area contributed by atoms with Gasteiger partial charge in [0, 0.05) is 0 Å². The van der Waals surface area contributed by atoms with Gasteiger partial charge in [-0.3, -0.25) is 4.57 Å². The molecule has 0 aromatic heterocycles. The Morgan fingerprint density at radius 1 is 1.37 bits per heavy atom. The summed E-state index contributed by atoms with van der Waals surface area (Å²) in [6.45, 7) is 5.72. The van der Waals surface area contributed by atoms with E-state index in [9.17, 15) is 8.96 Å². The van der Waals surface area contributed by atoms with E-state index in [0.29, 0.717) is 5.69 Å². The summed E-state index contributed by atoms with van der Waals surface area (Å²) in [5.74, 6) is -1.01. The van der Waals surface area contributed by atoms with Crippen molar-refractivity contribution >= 4 is 19.0 Å². The smallest absolute Gasteiger partial charge is 0.352 e. The van der Waals surface area contributed by atoms with E-state index in [0.717, 1.165) is 0 Å². The van der Waals surface area contributed by atoms with E-state index in [2.05, 4.69) is 5.32 Å². The number of nitrogen functional groups attached to an aromatic ring is 1. The minimum atomic E-state index is -3.27. The van der Waals surface area contributed by atoms with Crippen molar-refractivity contribution in [2.45, 2.75) is 26.6 Å². The maximum atomic E-state index is 12.9. The summed E-state index contributed by atoms with van der Waals surface area (Å²) in [7, 11) is -3.27. The zero-order chi connectivity index (χ0) is 14.5. The van der Waals surface area contributed by atoms with Crippen molar-refractivity contribution in [3.8, 4) is 0 Å². The number of nitrogens with one attached hydrogen (secondary N) is 1. The van der Waals surface area contributed by atoms with Crippen LogP contribution in [0.3, 0.4) is 0 Å². The van der Waals surface area contributed by atoms with Gasteiger partial charge in [-0.1, -0.05) is 0 Å². The first-order valence-electron chi connectivity index (χ1n) is 6.13. The van der Waals surface area contributed by atoms with Crippen LogP contribution in [0.1, 0.15) is 20.8 Å². The molecule has 0 saturated heterocycles. The van der Waals surface area contributed by atoms with E-state index in [4.69, 9.17) is 14.8 Å². The summed E-state index contributed by atoms with van der Waals surface area (Å²) in [6, 6.07) is 3.96. The number of nitrogens with two attached hydrogens (primary N) is 1. The predicted molar refractivity (Wildman–Crippen MR) is 74.8 cm³/mol. The molecule has 0 fully saturated rings. The highest BCUT2D eigenvalue weighted by Crippen LogP contribution is 2.53. The van der Waals surface area contributed by atoms with E-state index in [1.54, 1.807) is 20.8 Å². The van der Waals surface area contributed by atoms with Crippen molar-refractivity contribution in [1.29, 1.82) is 0 Å². The maximum Gasteiger partial charge on any atom is 0.352 e. The maximum absolute atomic E-state index is 12.9. The molecule has 0 heterocycles. The molecule has 0 aliphatic rings. The van der Waals surface area contributed by atoms with Crippen molar-refractivity contribution in [3.63, 3.8) is 0 Å². The molecule has 0 spiro atoms. The first-order valence-corrected chi connectivity index (χ1v) is 7.74. The Kier molecular flexibility index (Phi) is 5.79. The van der Waals surface area contributed by atoms with Gasteiger partial charge in [0.05, 0.1) is 24.6 Å². The average Bonchev–Trinajstić information content (AvgIpc) is 2.33. The molecule has 0 amide bonds. The molecule has 108 valence electrons. The van der Waals surface area contributed by atoms with Crippen molar-refractivity contribution in [2.75, 3.05) is 24.3 Å². The van der Waals surface area contributed by atoms with Gasteiger partial charge in [-0.05, 0) is 39.0 Å². The van der Waals surface area contributed by atoms with Crippen molar-refractivity contribution in [3.05, 3.63) is 24.0 Å². The fraction of sp³-hybridized carbons (Fsp3) is 0.500. The lowest BCUT2D eigenvalue weighted by molar-refractivity contribution is 0.215. The van der Waals surface area contributed by atoms with Gasteiger partial charge in [0.1, 0.15) is 11.6 Å². The Balaban J connectivity index is 2.87. The topological polar surface area (TPSA) is 73.6 Å². The van der Waals surface area contributed by atoms with Gasteiger partial charge >= 0.3 is 7.60 Å². The van der Waals surface area contributed by atoms with Gasteiger partial charge in [-0.2, -0.15) is 0 Å². The number of rotatable bonds is 7. The van der Waals surface area contributed by atoms with Crippen LogP contribution in [0.25, 0.3) is 0 Å². The lowest BCUT2D eigenvalue weighted by atomic mass is 10.2.